The van der Waals surface area contributed by atoms with E-state index in [1.54, 1.807) is 0 Å². The van der Waals surface area contributed by atoms with E-state index in [2.05, 4.69) is 5.32 Å². The molecule has 0 saturated heterocycles. The first-order chi connectivity index (χ1) is 8.23. The zero-order chi connectivity index (χ0) is 14.3. The molecule has 8 nitrogen and oxygen atoms in total. The van der Waals surface area contributed by atoms with E-state index in [0.717, 1.165) is 0 Å². The highest BCUT2D eigenvalue weighted by Gasteiger charge is 2.23. The molecule has 0 saturated carbocycles. The largest absolute Gasteiger partial charge is 0.481 e. The Morgan fingerprint density at radius 1 is 1.28 bits per heavy atom. The van der Waals surface area contributed by atoms with E-state index in [-0.39, 0.29) is 25.0 Å². The fourth-order valence-electron chi connectivity index (χ4n) is 1.23. The van der Waals surface area contributed by atoms with Gasteiger partial charge in [0.2, 0.25) is 11.8 Å². The number of ketones is 1. The molecule has 2 atom stereocenters. The molecular formula is C10H17N3O5. The molecule has 0 rings (SSSR count). The van der Waals surface area contributed by atoms with E-state index in [9.17, 15) is 19.2 Å². The van der Waals surface area contributed by atoms with Crippen molar-refractivity contribution in [3.63, 3.8) is 0 Å². The van der Waals surface area contributed by atoms with Gasteiger partial charge in [0, 0.05) is 12.8 Å². The van der Waals surface area contributed by atoms with E-state index >= 15 is 0 Å². The topological polar surface area (TPSA) is 153 Å². The van der Waals surface area contributed by atoms with E-state index in [1.165, 1.54) is 6.92 Å². The minimum atomic E-state index is -1.11. The second-order valence-electron chi connectivity index (χ2n) is 3.91. The Bertz CT molecular complexity index is 355. The Kier molecular flexibility index (Phi) is 6.58. The number of aliphatic carboxylic acids is 1. The van der Waals surface area contributed by atoms with Gasteiger partial charge in [0.25, 0.3) is 0 Å². The van der Waals surface area contributed by atoms with Crippen LogP contribution in [0.2, 0.25) is 0 Å². The number of primary amides is 1. The van der Waals surface area contributed by atoms with Gasteiger partial charge in [0.15, 0.2) is 0 Å². The van der Waals surface area contributed by atoms with Gasteiger partial charge < -0.3 is 21.9 Å². The van der Waals surface area contributed by atoms with Gasteiger partial charge in [-0.15, -0.1) is 0 Å². The summed E-state index contributed by atoms with van der Waals surface area (Å²) in [4.78, 5) is 43.6. The summed E-state index contributed by atoms with van der Waals surface area (Å²) in [6.07, 6.45) is -0.588. The van der Waals surface area contributed by atoms with Crippen molar-refractivity contribution in [3.05, 3.63) is 0 Å². The molecule has 2 amide bonds. The summed E-state index contributed by atoms with van der Waals surface area (Å²) in [5, 5.41) is 10.7. The number of hydrogen-bond donors (Lipinski definition) is 4. The van der Waals surface area contributed by atoms with Gasteiger partial charge in [0.1, 0.15) is 11.8 Å². The first-order valence-corrected chi connectivity index (χ1v) is 5.30. The van der Waals surface area contributed by atoms with Crippen molar-refractivity contribution in [3.8, 4) is 0 Å². The first-order valence-electron chi connectivity index (χ1n) is 5.30. The molecule has 0 spiro atoms. The van der Waals surface area contributed by atoms with Crippen molar-refractivity contribution in [2.45, 2.75) is 38.3 Å². The number of nitrogens with one attached hydrogen (secondary N) is 1. The number of carboxylic acids is 1. The molecule has 0 aliphatic heterocycles. The maximum absolute atomic E-state index is 11.5. The standard InChI is InChI=1S/C10H17N3O5/c1-5(14)4-6(11)10(18)13-7(9(12)17)2-3-8(15)16/h6-7H,2-4,11H2,1H3,(H2,12,17)(H,13,18)(H,15,16). The third-order valence-electron chi connectivity index (χ3n) is 2.15. The van der Waals surface area contributed by atoms with Crippen molar-refractivity contribution in [2.75, 3.05) is 0 Å². The van der Waals surface area contributed by atoms with E-state index in [0.29, 0.717) is 0 Å². The highest BCUT2D eigenvalue weighted by molar-refractivity contribution is 5.91. The van der Waals surface area contributed by atoms with Gasteiger partial charge in [-0.25, -0.2) is 0 Å². The number of nitrogens with two attached hydrogens (primary N) is 2. The summed E-state index contributed by atoms with van der Waals surface area (Å²) >= 11 is 0. The molecule has 2 unspecified atom stereocenters. The molecule has 0 aromatic rings. The summed E-state index contributed by atoms with van der Waals surface area (Å²) in [5.74, 6) is -2.93. The molecule has 0 aliphatic rings. The van der Waals surface area contributed by atoms with Gasteiger partial charge in [-0.3, -0.25) is 19.2 Å². The Labute approximate surface area is 104 Å². The van der Waals surface area contributed by atoms with Crippen molar-refractivity contribution in [2.24, 2.45) is 11.5 Å². The number of carbonyl (C=O) groups is 4. The Balaban J connectivity index is 4.40. The number of Topliss-reactive ketones (excluding diaryl/α,β-unsaturated/α-hetero) is 1. The number of hydrogen-bond acceptors (Lipinski definition) is 5. The van der Waals surface area contributed by atoms with Crippen LogP contribution in [0.1, 0.15) is 26.2 Å². The smallest absolute Gasteiger partial charge is 0.303 e. The maximum atomic E-state index is 11.5. The molecule has 0 aromatic heterocycles. The van der Waals surface area contributed by atoms with Crippen molar-refractivity contribution >= 4 is 23.6 Å². The van der Waals surface area contributed by atoms with Crippen LogP contribution in [-0.4, -0.2) is 40.8 Å². The van der Waals surface area contributed by atoms with E-state index < -0.39 is 29.9 Å². The van der Waals surface area contributed by atoms with Gasteiger partial charge in [-0.05, 0) is 13.3 Å². The van der Waals surface area contributed by atoms with Gasteiger partial charge >= 0.3 is 5.97 Å². The lowest BCUT2D eigenvalue weighted by atomic mass is 10.1. The number of carbonyl (C=O) groups excluding carboxylic acids is 3. The van der Waals surface area contributed by atoms with Crippen LogP contribution in [0.3, 0.4) is 0 Å². The van der Waals surface area contributed by atoms with Crippen LogP contribution >= 0.6 is 0 Å². The van der Waals surface area contributed by atoms with Gasteiger partial charge in [-0.1, -0.05) is 0 Å². The highest BCUT2D eigenvalue weighted by Crippen LogP contribution is 1.99. The third kappa shape index (κ3) is 6.59. The van der Waals surface area contributed by atoms with Crippen LogP contribution < -0.4 is 16.8 Å². The van der Waals surface area contributed by atoms with Crippen LogP contribution in [0.4, 0.5) is 0 Å². The molecule has 18 heavy (non-hydrogen) atoms. The molecule has 0 radical (unpaired) electrons. The highest BCUT2D eigenvalue weighted by atomic mass is 16.4. The summed E-state index contributed by atoms with van der Waals surface area (Å²) < 4.78 is 0. The molecule has 0 aromatic carbocycles. The van der Waals surface area contributed by atoms with Crippen LogP contribution in [0.5, 0.6) is 0 Å². The first kappa shape index (κ1) is 16.0. The Morgan fingerprint density at radius 3 is 2.22 bits per heavy atom. The normalized spacial score (nSPS) is 13.4. The molecule has 0 bridgehead atoms. The average molecular weight is 259 g/mol. The summed E-state index contributed by atoms with van der Waals surface area (Å²) in [7, 11) is 0. The van der Waals surface area contributed by atoms with E-state index in [4.69, 9.17) is 16.6 Å². The molecule has 102 valence electrons. The number of carboxylic acid groups (broad SMARTS) is 1. The summed E-state index contributed by atoms with van der Waals surface area (Å²) in [6, 6.07) is -2.18. The Hall–Kier alpha value is -1.96. The predicted molar refractivity (Wildman–Crippen MR) is 61.3 cm³/mol. The minimum Gasteiger partial charge on any atom is -0.481 e. The zero-order valence-corrected chi connectivity index (χ0v) is 10.0. The lowest BCUT2D eigenvalue weighted by molar-refractivity contribution is -0.137. The molecule has 0 fully saturated rings. The molecule has 0 heterocycles. The van der Waals surface area contributed by atoms with Crippen LogP contribution in [0, 0.1) is 0 Å². The SMILES string of the molecule is CC(=O)CC(N)C(=O)NC(CCC(=O)O)C(N)=O. The minimum absolute atomic E-state index is 0.122. The molecule has 8 heteroatoms. The molecule has 0 aliphatic carbocycles. The fourth-order valence-corrected chi connectivity index (χ4v) is 1.23. The van der Waals surface area contributed by atoms with Crippen molar-refractivity contribution < 1.29 is 24.3 Å². The summed E-state index contributed by atoms with van der Waals surface area (Å²) in [5.41, 5.74) is 10.4. The summed E-state index contributed by atoms with van der Waals surface area (Å²) in [6.45, 7) is 1.28. The lowest BCUT2D eigenvalue weighted by Crippen LogP contribution is -2.50. The predicted octanol–water partition coefficient (Wildman–Crippen LogP) is -1.87. The van der Waals surface area contributed by atoms with Gasteiger partial charge in [-0.2, -0.15) is 0 Å². The number of amides is 2. The number of rotatable bonds is 8. The Morgan fingerprint density at radius 2 is 1.83 bits per heavy atom. The van der Waals surface area contributed by atoms with Gasteiger partial charge in [0.05, 0.1) is 6.04 Å². The monoisotopic (exact) mass is 259 g/mol. The second-order valence-corrected chi connectivity index (χ2v) is 3.91. The van der Waals surface area contributed by atoms with Crippen molar-refractivity contribution in [1.82, 2.24) is 5.32 Å². The van der Waals surface area contributed by atoms with Crippen LogP contribution in [0.15, 0.2) is 0 Å². The second kappa shape index (κ2) is 7.38. The van der Waals surface area contributed by atoms with Crippen LogP contribution in [0.25, 0.3) is 0 Å². The average Bonchev–Trinajstić information content (AvgIpc) is 2.21. The third-order valence-corrected chi connectivity index (χ3v) is 2.15. The lowest BCUT2D eigenvalue weighted by Gasteiger charge is -2.17. The fraction of sp³-hybridized carbons (Fsp3) is 0.600. The zero-order valence-electron chi connectivity index (χ0n) is 10.0. The van der Waals surface area contributed by atoms with Crippen LogP contribution in [-0.2, 0) is 19.2 Å². The maximum Gasteiger partial charge on any atom is 0.303 e. The molecular weight excluding hydrogens is 242 g/mol. The van der Waals surface area contributed by atoms with Crippen molar-refractivity contribution in [1.29, 1.82) is 0 Å². The quantitative estimate of drug-likeness (QED) is 0.400. The van der Waals surface area contributed by atoms with E-state index in [1.807, 2.05) is 0 Å². The molecule has 6 N–H and O–H groups in total.